The highest BCUT2D eigenvalue weighted by molar-refractivity contribution is 5.87. The molecule has 3 N–H and O–H groups in total. The van der Waals surface area contributed by atoms with E-state index in [4.69, 9.17) is 10.2 Å². The Morgan fingerprint density at radius 3 is 2.55 bits per heavy atom. The molecule has 3 aromatic heterocycles. The number of nitrogens with one attached hydrogen (secondary N) is 1. The van der Waals surface area contributed by atoms with Crippen LogP contribution < -0.4 is 11.1 Å². The van der Waals surface area contributed by atoms with Crippen LogP contribution in [0.15, 0.2) is 41.5 Å². The van der Waals surface area contributed by atoms with Gasteiger partial charge in [-0.2, -0.15) is 13.2 Å². The number of hydrogen-bond acceptors (Lipinski definition) is 4. The highest BCUT2D eigenvalue weighted by Gasteiger charge is 2.35. The average Bonchev–Trinajstić information content (AvgIpc) is 3.26. The Morgan fingerprint density at radius 2 is 2.00 bits per heavy atom. The zero-order chi connectivity index (χ0) is 21.3. The molecule has 0 saturated carbocycles. The number of nitrogens with two attached hydrogens (primary N) is 1. The van der Waals surface area contributed by atoms with Gasteiger partial charge >= 0.3 is 6.18 Å². The number of nitrogens with zero attached hydrogens (tertiary/aromatic N) is 2. The third kappa shape index (κ3) is 4.41. The molecule has 0 saturated heterocycles. The van der Waals surface area contributed by atoms with Crippen LogP contribution in [0.2, 0.25) is 0 Å². The molecular formula is C19H19F3N4O3. The molecule has 0 aliphatic rings. The molecular weight excluding hydrogens is 389 g/mol. The number of amides is 2. The molecule has 0 aliphatic carbocycles. The summed E-state index contributed by atoms with van der Waals surface area (Å²) >= 11 is 0. The summed E-state index contributed by atoms with van der Waals surface area (Å²) in [7, 11) is 0. The lowest BCUT2D eigenvalue weighted by Gasteiger charge is -2.18. The van der Waals surface area contributed by atoms with Gasteiger partial charge in [0.2, 0.25) is 11.8 Å². The summed E-state index contributed by atoms with van der Waals surface area (Å²) in [5, 5.41) is 2.49. The van der Waals surface area contributed by atoms with Crippen molar-refractivity contribution in [1.29, 1.82) is 0 Å². The predicted octanol–water partition coefficient (Wildman–Crippen LogP) is 2.78. The molecule has 3 rings (SSSR count). The van der Waals surface area contributed by atoms with E-state index in [-0.39, 0.29) is 23.7 Å². The van der Waals surface area contributed by atoms with Crippen molar-refractivity contribution in [1.82, 2.24) is 14.7 Å². The van der Waals surface area contributed by atoms with Crippen LogP contribution in [-0.4, -0.2) is 27.2 Å². The minimum atomic E-state index is -4.64. The minimum absolute atomic E-state index is 0.129. The number of aromatic nitrogens is 2. The lowest BCUT2D eigenvalue weighted by Crippen LogP contribution is -2.48. The molecule has 0 bridgehead atoms. The van der Waals surface area contributed by atoms with Gasteiger partial charge in [-0.25, -0.2) is 4.98 Å². The summed E-state index contributed by atoms with van der Waals surface area (Å²) in [6.45, 7) is 3.43. The Labute approximate surface area is 163 Å². The number of hydrogen-bond donors (Lipinski definition) is 2. The number of alkyl halides is 3. The Kier molecular flexibility index (Phi) is 5.36. The van der Waals surface area contributed by atoms with Crippen LogP contribution in [0.1, 0.15) is 25.1 Å². The standard InChI is InChI=1S/C19H19F3N4O3/c1-10(2)16(17(23)28)25-15(27)6-13-8-26-7-12(11-3-4-29-9-11)5-14(18(26)24-13)19(20,21)22/h3-5,7-10,16H,6H2,1-2H3,(H2,23,28)(H,25,27)/t16-/m0/s1. The van der Waals surface area contributed by atoms with E-state index in [1.165, 1.54) is 29.3 Å². The van der Waals surface area contributed by atoms with Crippen LogP contribution in [0.3, 0.4) is 0 Å². The number of halogens is 3. The number of primary amides is 1. The Hall–Kier alpha value is -3.30. The molecule has 10 heteroatoms. The van der Waals surface area contributed by atoms with E-state index in [9.17, 15) is 22.8 Å². The van der Waals surface area contributed by atoms with Crippen molar-refractivity contribution in [2.75, 3.05) is 0 Å². The molecule has 154 valence electrons. The van der Waals surface area contributed by atoms with Gasteiger partial charge in [-0.3, -0.25) is 9.59 Å². The fourth-order valence-electron chi connectivity index (χ4n) is 2.98. The maximum absolute atomic E-state index is 13.6. The second kappa shape index (κ2) is 7.61. The predicted molar refractivity (Wildman–Crippen MR) is 97.6 cm³/mol. The van der Waals surface area contributed by atoms with Gasteiger partial charge in [0.05, 0.1) is 30.2 Å². The fourth-order valence-corrected chi connectivity index (χ4v) is 2.98. The van der Waals surface area contributed by atoms with Crippen LogP contribution in [-0.2, 0) is 22.2 Å². The van der Waals surface area contributed by atoms with Crippen LogP contribution >= 0.6 is 0 Å². The molecule has 3 aromatic rings. The maximum Gasteiger partial charge on any atom is 0.420 e. The van der Waals surface area contributed by atoms with Gasteiger partial charge < -0.3 is 19.9 Å². The molecule has 7 nitrogen and oxygen atoms in total. The molecule has 0 radical (unpaired) electrons. The lowest BCUT2D eigenvalue weighted by molar-refractivity contribution is -0.136. The summed E-state index contributed by atoms with van der Waals surface area (Å²) < 4.78 is 46.8. The number of rotatable bonds is 6. The highest BCUT2D eigenvalue weighted by atomic mass is 19.4. The first kappa shape index (κ1) is 20.4. The minimum Gasteiger partial charge on any atom is -0.472 e. The van der Waals surface area contributed by atoms with Crippen molar-refractivity contribution in [3.63, 3.8) is 0 Å². The smallest absolute Gasteiger partial charge is 0.420 e. The second-order valence-corrected chi connectivity index (χ2v) is 6.98. The van der Waals surface area contributed by atoms with Crippen molar-refractivity contribution >= 4 is 17.5 Å². The second-order valence-electron chi connectivity index (χ2n) is 6.98. The Bertz CT molecular complexity index is 1040. The van der Waals surface area contributed by atoms with Gasteiger partial charge in [-0.15, -0.1) is 0 Å². The first-order valence-corrected chi connectivity index (χ1v) is 8.76. The zero-order valence-electron chi connectivity index (χ0n) is 15.7. The molecule has 3 heterocycles. The fraction of sp³-hybridized carbons (Fsp3) is 0.316. The summed E-state index contributed by atoms with van der Waals surface area (Å²) in [6.07, 6.45) is 0.590. The molecule has 0 unspecified atom stereocenters. The van der Waals surface area contributed by atoms with Crippen LogP contribution in [0.5, 0.6) is 0 Å². The van der Waals surface area contributed by atoms with Gasteiger partial charge in [0, 0.05) is 23.5 Å². The number of carbonyl (C=O) groups is 2. The molecule has 1 atom stereocenters. The van der Waals surface area contributed by atoms with E-state index in [1.807, 2.05) is 0 Å². The summed E-state index contributed by atoms with van der Waals surface area (Å²) in [6, 6.07) is 1.65. The summed E-state index contributed by atoms with van der Waals surface area (Å²) in [5.41, 5.74) is 4.92. The van der Waals surface area contributed by atoms with E-state index in [1.54, 1.807) is 19.9 Å². The van der Waals surface area contributed by atoms with Crippen molar-refractivity contribution in [3.05, 3.63) is 48.3 Å². The van der Waals surface area contributed by atoms with Gasteiger partial charge in [0.1, 0.15) is 11.7 Å². The normalized spacial score (nSPS) is 13.0. The van der Waals surface area contributed by atoms with Crippen LogP contribution in [0.4, 0.5) is 13.2 Å². The van der Waals surface area contributed by atoms with Crippen LogP contribution in [0, 0.1) is 5.92 Å². The third-order valence-electron chi connectivity index (χ3n) is 4.39. The molecule has 0 fully saturated rings. The SMILES string of the molecule is CC(C)[C@H](NC(=O)Cc1cn2cc(-c3ccoc3)cc(C(F)(F)F)c2n1)C(N)=O. The van der Waals surface area contributed by atoms with Crippen molar-refractivity contribution < 1.29 is 27.2 Å². The Balaban J connectivity index is 1.95. The van der Waals surface area contributed by atoms with Crippen molar-refractivity contribution in [3.8, 4) is 11.1 Å². The monoisotopic (exact) mass is 408 g/mol. The summed E-state index contributed by atoms with van der Waals surface area (Å²) in [4.78, 5) is 27.7. The number of carbonyl (C=O) groups excluding carboxylic acids is 2. The topological polar surface area (TPSA) is 103 Å². The number of furan rings is 1. The van der Waals surface area contributed by atoms with Gasteiger partial charge in [-0.1, -0.05) is 13.8 Å². The number of imidazole rings is 1. The number of pyridine rings is 1. The van der Waals surface area contributed by atoms with Gasteiger partial charge in [0.15, 0.2) is 0 Å². The molecule has 0 aliphatic heterocycles. The van der Waals surface area contributed by atoms with Gasteiger partial charge in [0.25, 0.3) is 0 Å². The largest absolute Gasteiger partial charge is 0.472 e. The van der Waals surface area contributed by atoms with Crippen LogP contribution in [0.25, 0.3) is 16.8 Å². The molecule has 2 amide bonds. The van der Waals surface area contributed by atoms with Gasteiger partial charge in [-0.05, 0) is 18.1 Å². The van der Waals surface area contributed by atoms with E-state index in [2.05, 4.69) is 10.3 Å². The summed E-state index contributed by atoms with van der Waals surface area (Å²) in [5.74, 6) is -1.48. The third-order valence-corrected chi connectivity index (χ3v) is 4.39. The average molecular weight is 408 g/mol. The van der Waals surface area contributed by atoms with Crippen molar-refractivity contribution in [2.24, 2.45) is 11.7 Å². The van der Waals surface area contributed by atoms with E-state index in [0.29, 0.717) is 11.1 Å². The first-order valence-electron chi connectivity index (χ1n) is 8.76. The zero-order valence-corrected chi connectivity index (χ0v) is 15.7. The van der Waals surface area contributed by atoms with Crippen molar-refractivity contribution in [2.45, 2.75) is 32.5 Å². The van der Waals surface area contributed by atoms with E-state index < -0.39 is 29.6 Å². The quantitative estimate of drug-likeness (QED) is 0.655. The highest BCUT2D eigenvalue weighted by Crippen LogP contribution is 2.35. The van der Waals surface area contributed by atoms with E-state index in [0.717, 1.165) is 6.07 Å². The molecule has 0 aromatic carbocycles. The first-order chi connectivity index (χ1) is 13.6. The number of fused-ring (bicyclic) bond motifs is 1. The molecule has 29 heavy (non-hydrogen) atoms. The van der Waals surface area contributed by atoms with E-state index >= 15 is 0 Å². The lowest BCUT2D eigenvalue weighted by atomic mass is 10.0. The Morgan fingerprint density at radius 1 is 1.28 bits per heavy atom. The molecule has 0 spiro atoms. The maximum atomic E-state index is 13.6.